The number of nitro groups is 1. The first kappa shape index (κ1) is 19.1. The Morgan fingerprint density at radius 3 is 2.55 bits per heavy atom. The average molecular weight is 404 g/mol. The second kappa shape index (κ2) is 7.28. The Bertz CT molecular complexity index is 1080. The number of hydrogen-bond acceptors (Lipinski definition) is 6. The summed E-state index contributed by atoms with van der Waals surface area (Å²) in [6.07, 6.45) is -3.09. The Morgan fingerprint density at radius 1 is 1.10 bits per heavy atom. The highest BCUT2D eigenvalue weighted by molar-refractivity contribution is 5.82. The van der Waals surface area contributed by atoms with E-state index in [1.54, 1.807) is 6.07 Å². The first-order valence-electron chi connectivity index (χ1n) is 8.78. The van der Waals surface area contributed by atoms with Gasteiger partial charge in [-0.2, -0.15) is 13.2 Å². The van der Waals surface area contributed by atoms with Gasteiger partial charge in [-0.25, -0.2) is 9.97 Å². The zero-order valence-corrected chi connectivity index (χ0v) is 15.0. The van der Waals surface area contributed by atoms with E-state index in [1.165, 1.54) is 24.4 Å². The molecule has 1 aliphatic heterocycles. The third-order valence-corrected chi connectivity index (χ3v) is 4.66. The van der Waals surface area contributed by atoms with Crippen LogP contribution in [0.25, 0.3) is 22.3 Å². The Kier molecular flexibility index (Phi) is 4.79. The number of halogens is 3. The van der Waals surface area contributed by atoms with Crippen LogP contribution in [0, 0.1) is 10.1 Å². The molecule has 0 spiro atoms. The first-order valence-corrected chi connectivity index (χ1v) is 8.78. The molecule has 0 unspecified atom stereocenters. The second-order valence-corrected chi connectivity index (χ2v) is 6.56. The molecule has 150 valence electrons. The number of nitrogens with zero attached hydrogens (tertiary/aromatic N) is 4. The summed E-state index contributed by atoms with van der Waals surface area (Å²) in [4.78, 5) is 20.7. The minimum absolute atomic E-state index is 0.0682. The Hall–Kier alpha value is -3.27. The molecule has 0 bridgehead atoms. The predicted octanol–water partition coefficient (Wildman–Crippen LogP) is 4.06. The average Bonchev–Trinajstić information content (AvgIpc) is 2.72. The number of fused-ring (bicyclic) bond motifs is 1. The van der Waals surface area contributed by atoms with Crippen molar-refractivity contribution in [3.63, 3.8) is 0 Å². The predicted molar refractivity (Wildman–Crippen MR) is 99.7 cm³/mol. The van der Waals surface area contributed by atoms with Crippen LogP contribution in [0.3, 0.4) is 0 Å². The Labute approximate surface area is 162 Å². The van der Waals surface area contributed by atoms with E-state index in [-0.39, 0.29) is 22.6 Å². The number of morpholine rings is 1. The number of non-ortho nitro benzene ring substituents is 1. The van der Waals surface area contributed by atoms with E-state index in [2.05, 4.69) is 9.97 Å². The van der Waals surface area contributed by atoms with Gasteiger partial charge in [0.2, 0.25) is 0 Å². The smallest absolute Gasteiger partial charge is 0.378 e. The zero-order chi connectivity index (χ0) is 20.6. The van der Waals surface area contributed by atoms with Crippen LogP contribution in [-0.4, -0.2) is 41.2 Å². The zero-order valence-electron chi connectivity index (χ0n) is 15.0. The summed E-state index contributed by atoms with van der Waals surface area (Å²) in [5.41, 5.74) is -0.0791. The number of ether oxygens (including phenoxy) is 1. The summed E-state index contributed by atoms with van der Waals surface area (Å²) in [5.74, 6) is 0.0682. The van der Waals surface area contributed by atoms with Gasteiger partial charge in [-0.05, 0) is 24.3 Å². The minimum Gasteiger partial charge on any atom is -0.378 e. The SMILES string of the molecule is O=[N+]([O-])c1ccc2cnc(-c3cc(N4CCOCC4)cc(C(F)(F)F)c3)nc2c1. The first-order chi connectivity index (χ1) is 13.8. The molecule has 1 saturated heterocycles. The summed E-state index contributed by atoms with van der Waals surface area (Å²) >= 11 is 0. The fourth-order valence-electron chi connectivity index (χ4n) is 3.17. The number of anilines is 1. The van der Waals surface area contributed by atoms with Crippen LogP contribution < -0.4 is 4.90 Å². The molecule has 4 rings (SSSR count). The van der Waals surface area contributed by atoms with Crippen molar-refractivity contribution < 1.29 is 22.8 Å². The maximum atomic E-state index is 13.5. The highest BCUT2D eigenvalue weighted by Crippen LogP contribution is 2.35. The summed E-state index contributed by atoms with van der Waals surface area (Å²) in [5, 5.41) is 11.6. The molecule has 0 atom stereocenters. The second-order valence-electron chi connectivity index (χ2n) is 6.56. The van der Waals surface area contributed by atoms with E-state index >= 15 is 0 Å². The van der Waals surface area contributed by atoms with E-state index in [0.29, 0.717) is 37.4 Å². The molecule has 2 aromatic carbocycles. The van der Waals surface area contributed by atoms with Gasteiger partial charge in [0.1, 0.15) is 0 Å². The molecule has 0 saturated carbocycles. The van der Waals surface area contributed by atoms with E-state index < -0.39 is 16.7 Å². The van der Waals surface area contributed by atoms with Crippen LogP contribution in [0.4, 0.5) is 24.5 Å². The highest BCUT2D eigenvalue weighted by atomic mass is 19.4. The molecule has 2 heterocycles. The number of benzene rings is 2. The van der Waals surface area contributed by atoms with Gasteiger partial charge in [0, 0.05) is 48.1 Å². The van der Waals surface area contributed by atoms with Gasteiger partial charge in [-0.3, -0.25) is 10.1 Å². The molecule has 3 aromatic rings. The number of nitro benzene ring substituents is 1. The van der Waals surface area contributed by atoms with E-state index in [9.17, 15) is 23.3 Å². The van der Waals surface area contributed by atoms with Crippen LogP contribution in [0.1, 0.15) is 5.56 Å². The molecule has 0 radical (unpaired) electrons. The third kappa shape index (κ3) is 3.97. The minimum atomic E-state index is -4.54. The maximum Gasteiger partial charge on any atom is 0.416 e. The molecular formula is C19H15F3N4O3. The van der Waals surface area contributed by atoms with Crippen molar-refractivity contribution in [1.82, 2.24) is 9.97 Å². The fourth-order valence-corrected chi connectivity index (χ4v) is 3.17. The van der Waals surface area contributed by atoms with Crippen LogP contribution >= 0.6 is 0 Å². The fraction of sp³-hybridized carbons (Fsp3) is 0.263. The summed E-state index contributed by atoms with van der Waals surface area (Å²) in [6, 6.07) is 7.79. The summed E-state index contributed by atoms with van der Waals surface area (Å²) in [6.45, 7) is 1.82. The van der Waals surface area contributed by atoms with Gasteiger partial charge >= 0.3 is 6.18 Å². The molecule has 1 fully saturated rings. The van der Waals surface area contributed by atoms with Crippen LogP contribution in [0.5, 0.6) is 0 Å². The number of hydrogen-bond donors (Lipinski definition) is 0. The van der Waals surface area contributed by atoms with Crippen molar-refractivity contribution >= 4 is 22.3 Å². The van der Waals surface area contributed by atoms with Crippen LogP contribution in [-0.2, 0) is 10.9 Å². The maximum absolute atomic E-state index is 13.5. The van der Waals surface area contributed by atoms with E-state index in [1.807, 2.05) is 4.90 Å². The van der Waals surface area contributed by atoms with Gasteiger partial charge < -0.3 is 9.64 Å². The molecule has 10 heteroatoms. The molecule has 0 N–H and O–H groups in total. The summed E-state index contributed by atoms with van der Waals surface area (Å²) in [7, 11) is 0. The van der Waals surface area contributed by atoms with Gasteiger partial charge in [-0.1, -0.05) is 0 Å². The largest absolute Gasteiger partial charge is 0.416 e. The normalized spacial score (nSPS) is 14.9. The standard InChI is InChI=1S/C19H15F3N4O3/c20-19(21,22)14-7-13(8-16(9-14)25-3-5-29-6-4-25)18-23-11-12-1-2-15(26(27)28)10-17(12)24-18/h1-2,7-11H,3-6H2. The number of aromatic nitrogens is 2. The van der Waals surface area contributed by atoms with Crippen molar-refractivity contribution in [3.8, 4) is 11.4 Å². The number of alkyl halides is 3. The van der Waals surface area contributed by atoms with E-state index in [0.717, 1.165) is 12.1 Å². The topological polar surface area (TPSA) is 81.4 Å². The van der Waals surface area contributed by atoms with Crippen LogP contribution in [0.15, 0.2) is 42.6 Å². The van der Waals surface area contributed by atoms with Crippen LogP contribution in [0.2, 0.25) is 0 Å². The van der Waals surface area contributed by atoms with Crippen molar-refractivity contribution in [2.24, 2.45) is 0 Å². The molecule has 0 aliphatic carbocycles. The van der Waals surface area contributed by atoms with Gasteiger partial charge in [0.05, 0.1) is 29.2 Å². The van der Waals surface area contributed by atoms with Crippen molar-refractivity contribution in [2.45, 2.75) is 6.18 Å². The lowest BCUT2D eigenvalue weighted by Gasteiger charge is -2.29. The molecule has 29 heavy (non-hydrogen) atoms. The van der Waals surface area contributed by atoms with Crippen molar-refractivity contribution in [2.75, 3.05) is 31.2 Å². The lowest BCUT2D eigenvalue weighted by Crippen LogP contribution is -2.36. The van der Waals surface area contributed by atoms with Gasteiger partial charge in [-0.15, -0.1) is 0 Å². The molecule has 7 nitrogen and oxygen atoms in total. The summed E-state index contributed by atoms with van der Waals surface area (Å²) < 4.78 is 45.7. The van der Waals surface area contributed by atoms with Crippen molar-refractivity contribution in [1.29, 1.82) is 0 Å². The lowest BCUT2D eigenvalue weighted by atomic mass is 10.1. The van der Waals surface area contributed by atoms with Crippen molar-refractivity contribution in [3.05, 3.63) is 58.3 Å². The van der Waals surface area contributed by atoms with Gasteiger partial charge in [0.25, 0.3) is 5.69 Å². The molecular weight excluding hydrogens is 389 g/mol. The quantitative estimate of drug-likeness (QED) is 0.484. The lowest BCUT2D eigenvalue weighted by molar-refractivity contribution is -0.384. The highest BCUT2D eigenvalue weighted by Gasteiger charge is 2.32. The monoisotopic (exact) mass is 404 g/mol. The molecule has 1 aliphatic rings. The Morgan fingerprint density at radius 2 is 1.86 bits per heavy atom. The number of rotatable bonds is 3. The molecule has 0 amide bonds. The van der Waals surface area contributed by atoms with E-state index in [4.69, 9.17) is 4.74 Å². The molecule has 1 aromatic heterocycles. The third-order valence-electron chi connectivity index (χ3n) is 4.66. The Balaban J connectivity index is 1.83. The van der Waals surface area contributed by atoms with Gasteiger partial charge in [0.15, 0.2) is 5.82 Å².